The minimum Gasteiger partial charge on any atom is -0.383 e. The molecule has 3 heterocycles. The Bertz CT molecular complexity index is 1310. The number of hydrogen-bond donors (Lipinski definition) is 1. The van der Waals surface area contributed by atoms with Gasteiger partial charge in [0, 0.05) is 31.3 Å². The molecule has 4 aromatic rings. The van der Waals surface area contributed by atoms with Gasteiger partial charge in [0.2, 0.25) is 0 Å². The van der Waals surface area contributed by atoms with Crippen LogP contribution < -0.4 is 5.56 Å². The zero-order chi connectivity index (χ0) is 22.1. The number of methoxy groups -OCH3 is 1. The molecule has 0 saturated heterocycles. The summed E-state index contributed by atoms with van der Waals surface area (Å²) in [5.74, 6) is 0.652. The molecule has 1 aliphatic rings. The molecule has 1 N–H and O–H groups in total. The van der Waals surface area contributed by atoms with Gasteiger partial charge in [-0.25, -0.2) is 4.68 Å². The highest BCUT2D eigenvalue weighted by Gasteiger charge is 2.32. The van der Waals surface area contributed by atoms with E-state index in [0.717, 1.165) is 36.0 Å². The fourth-order valence-corrected chi connectivity index (χ4v) is 4.53. The van der Waals surface area contributed by atoms with E-state index >= 15 is 0 Å². The first-order chi connectivity index (χ1) is 15.6. The van der Waals surface area contributed by atoms with Crippen LogP contribution in [0.2, 0.25) is 0 Å². The summed E-state index contributed by atoms with van der Waals surface area (Å²) in [7, 11) is 1.65. The van der Waals surface area contributed by atoms with Crippen molar-refractivity contribution in [3.05, 3.63) is 87.0 Å². The number of fused-ring (bicyclic) bond motifs is 2. The Hall–Kier alpha value is -3.36. The maximum Gasteiger partial charge on any atom is 0.253 e. The Labute approximate surface area is 185 Å². The van der Waals surface area contributed by atoms with E-state index in [1.54, 1.807) is 11.8 Å². The van der Waals surface area contributed by atoms with Gasteiger partial charge in [0.1, 0.15) is 6.04 Å². The number of rotatable bonds is 6. The lowest BCUT2D eigenvalue weighted by Gasteiger charge is -2.34. The highest BCUT2D eigenvalue weighted by atomic mass is 16.5. The molecule has 1 atom stereocenters. The van der Waals surface area contributed by atoms with Crippen LogP contribution >= 0.6 is 0 Å². The monoisotopic (exact) mass is 430 g/mol. The first-order valence-electron chi connectivity index (χ1n) is 10.8. The molecule has 0 saturated carbocycles. The van der Waals surface area contributed by atoms with Crippen molar-refractivity contribution in [2.75, 3.05) is 20.3 Å². The molecule has 0 bridgehead atoms. The van der Waals surface area contributed by atoms with E-state index in [-0.39, 0.29) is 11.6 Å². The van der Waals surface area contributed by atoms with Crippen LogP contribution in [0, 0.1) is 6.92 Å². The van der Waals surface area contributed by atoms with Crippen LogP contribution in [0.25, 0.3) is 10.9 Å². The Kier molecular flexibility index (Phi) is 5.55. The predicted octanol–water partition coefficient (Wildman–Crippen LogP) is 2.62. The molecule has 1 aliphatic heterocycles. The normalized spacial score (nSPS) is 15.1. The summed E-state index contributed by atoms with van der Waals surface area (Å²) in [4.78, 5) is 18.6. The average Bonchev–Trinajstić information content (AvgIpc) is 3.26. The summed E-state index contributed by atoms with van der Waals surface area (Å²) in [5.41, 5.74) is 5.12. The topological polar surface area (TPSA) is 88.9 Å². The Morgan fingerprint density at radius 1 is 1.16 bits per heavy atom. The molecule has 0 aliphatic carbocycles. The third-order valence-electron chi connectivity index (χ3n) is 6.16. The van der Waals surface area contributed by atoms with Gasteiger partial charge in [-0.2, -0.15) is 0 Å². The summed E-state index contributed by atoms with van der Waals surface area (Å²) >= 11 is 0. The third kappa shape index (κ3) is 3.83. The number of H-pyrrole nitrogens is 1. The van der Waals surface area contributed by atoms with Crippen molar-refractivity contribution in [2.24, 2.45) is 0 Å². The zero-order valence-corrected chi connectivity index (χ0v) is 18.3. The lowest BCUT2D eigenvalue weighted by Crippen LogP contribution is -2.38. The van der Waals surface area contributed by atoms with Crippen LogP contribution in [0.4, 0.5) is 0 Å². The first-order valence-corrected chi connectivity index (χ1v) is 10.8. The van der Waals surface area contributed by atoms with Crippen molar-refractivity contribution in [1.82, 2.24) is 30.1 Å². The van der Waals surface area contributed by atoms with Gasteiger partial charge in [-0.05, 0) is 58.5 Å². The van der Waals surface area contributed by atoms with Crippen molar-refractivity contribution in [2.45, 2.75) is 32.5 Å². The maximum absolute atomic E-state index is 13.3. The van der Waals surface area contributed by atoms with E-state index in [9.17, 15) is 4.79 Å². The van der Waals surface area contributed by atoms with Crippen LogP contribution in [0.3, 0.4) is 0 Å². The number of nitrogens with one attached hydrogen (secondary N) is 1. The second kappa shape index (κ2) is 8.64. The number of ether oxygens (including phenoxy) is 1. The Morgan fingerprint density at radius 3 is 2.84 bits per heavy atom. The van der Waals surface area contributed by atoms with Gasteiger partial charge in [-0.15, -0.1) is 5.10 Å². The van der Waals surface area contributed by atoms with Crippen molar-refractivity contribution < 1.29 is 4.74 Å². The van der Waals surface area contributed by atoms with Crippen molar-refractivity contribution in [3.63, 3.8) is 0 Å². The summed E-state index contributed by atoms with van der Waals surface area (Å²) in [6.45, 7) is 4.59. The van der Waals surface area contributed by atoms with Crippen LogP contribution in [0.15, 0.2) is 53.3 Å². The van der Waals surface area contributed by atoms with Crippen LogP contribution in [-0.4, -0.2) is 50.4 Å². The van der Waals surface area contributed by atoms with Gasteiger partial charge in [-0.3, -0.25) is 9.69 Å². The molecule has 164 valence electrons. The van der Waals surface area contributed by atoms with E-state index in [0.29, 0.717) is 24.5 Å². The minimum absolute atomic E-state index is 0.119. The van der Waals surface area contributed by atoms with E-state index in [4.69, 9.17) is 4.74 Å². The van der Waals surface area contributed by atoms with Gasteiger partial charge < -0.3 is 9.72 Å². The largest absolute Gasteiger partial charge is 0.383 e. The quantitative estimate of drug-likeness (QED) is 0.506. The third-order valence-corrected chi connectivity index (χ3v) is 6.16. The lowest BCUT2D eigenvalue weighted by atomic mass is 9.96. The SMILES string of the molecule is COCCn1nnnc1[C@@H](c1cc2cc(C)ccc2[nH]c1=O)N1CCc2ccccc2C1. The first kappa shape index (κ1) is 20.5. The van der Waals surface area contributed by atoms with Gasteiger partial charge in [0.15, 0.2) is 5.82 Å². The summed E-state index contributed by atoms with van der Waals surface area (Å²) in [6, 6.07) is 16.1. The Morgan fingerprint density at radius 2 is 2.00 bits per heavy atom. The van der Waals surface area contributed by atoms with Crippen LogP contribution in [-0.2, 0) is 24.2 Å². The van der Waals surface area contributed by atoms with Crippen LogP contribution in [0.1, 0.15) is 34.1 Å². The van der Waals surface area contributed by atoms with Crippen molar-refractivity contribution >= 4 is 10.9 Å². The molecule has 0 unspecified atom stereocenters. The highest BCUT2D eigenvalue weighted by Crippen LogP contribution is 2.31. The van der Waals surface area contributed by atoms with E-state index in [2.05, 4.69) is 62.7 Å². The molecule has 0 spiro atoms. The van der Waals surface area contributed by atoms with E-state index in [1.807, 2.05) is 18.2 Å². The molecule has 0 fully saturated rings. The molecular weight excluding hydrogens is 404 g/mol. The second-order valence-electron chi connectivity index (χ2n) is 8.29. The van der Waals surface area contributed by atoms with Gasteiger partial charge in [-0.1, -0.05) is 35.9 Å². The zero-order valence-electron chi connectivity index (χ0n) is 18.3. The number of nitrogens with zero attached hydrogens (tertiary/aromatic N) is 5. The predicted molar refractivity (Wildman–Crippen MR) is 121 cm³/mol. The smallest absolute Gasteiger partial charge is 0.253 e. The van der Waals surface area contributed by atoms with Gasteiger partial charge in [0.05, 0.1) is 13.2 Å². The summed E-state index contributed by atoms with van der Waals surface area (Å²) in [6.07, 6.45) is 0.914. The van der Waals surface area contributed by atoms with E-state index in [1.165, 1.54) is 11.1 Å². The number of aryl methyl sites for hydroxylation is 1. The maximum atomic E-state index is 13.3. The van der Waals surface area contributed by atoms with Crippen molar-refractivity contribution in [3.8, 4) is 0 Å². The van der Waals surface area contributed by atoms with Gasteiger partial charge >= 0.3 is 0 Å². The standard InChI is InChI=1S/C24H26N6O2/c1-16-7-8-21-19(13-16)14-20(24(31)25-21)22(23-26-27-28-30(23)11-12-32-2)29-10-9-17-5-3-4-6-18(17)15-29/h3-8,13-14,22H,9-12,15H2,1-2H3,(H,25,31)/t22-/m1/s1. The van der Waals surface area contributed by atoms with Crippen molar-refractivity contribution in [1.29, 1.82) is 0 Å². The molecule has 32 heavy (non-hydrogen) atoms. The van der Waals surface area contributed by atoms with Crippen LogP contribution in [0.5, 0.6) is 0 Å². The number of pyridine rings is 1. The number of aromatic amines is 1. The number of hydrogen-bond acceptors (Lipinski definition) is 6. The minimum atomic E-state index is -0.371. The number of tetrazole rings is 1. The molecule has 5 rings (SSSR count). The fraction of sp³-hybridized carbons (Fsp3) is 0.333. The fourth-order valence-electron chi connectivity index (χ4n) is 4.53. The van der Waals surface area contributed by atoms with E-state index < -0.39 is 0 Å². The highest BCUT2D eigenvalue weighted by molar-refractivity contribution is 5.79. The molecular formula is C24H26N6O2. The molecule has 0 amide bonds. The summed E-state index contributed by atoms with van der Waals surface area (Å²) < 4.78 is 6.99. The second-order valence-corrected chi connectivity index (χ2v) is 8.29. The summed E-state index contributed by atoms with van der Waals surface area (Å²) in [5, 5.41) is 13.5. The van der Waals surface area contributed by atoms with Gasteiger partial charge in [0.25, 0.3) is 5.56 Å². The Balaban J connectivity index is 1.64. The molecule has 2 aromatic carbocycles. The molecule has 8 nitrogen and oxygen atoms in total. The number of benzene rings is 2. The molecule has 8 heteroatoms. The molecule has 2 aromatic heterocycles. The molecule has 0 radical (unpaired) electrons. The average molecular weight is 431 g/mol. The number of aromatic nitrogens is 5. The lowest BCUT2D eigenvalue weighted by molar-refractivity contribution is 0.169.